The summed E-state index contributed by atoms with van der Waals surface area (Å²) in [6, 6.07) is 6.84. The van der Waals surface area contributed by atoms with E-state index in [9.17, 15) is 0 Å². The quantitative estimate of drug-likeness (QED) is 0.733. The van der Waals surface area contributed by atoms with Crippen LogP contribution in [0.1, 0.15) is 23.1 Å². The molecule has 1 saturated heterocycles. The van der Waals surface area contributed by atoms with Crippen LogP contribution < -0.4 is 0 Å². The number of fused-ring (bicyclic) bond motifs is 2. The Balaban J connectivity index is 1.55. The molecule has 2 aliphatic heterocycles. The highest BCUT2D eigenvalue weighted by atomic mass is 15.2. The summed E-state index contributed by atoms with van der Waals surface area (Å²) in [7, 11) is 4.07. The van der Waals surface area contributed by atoms with Crippen LogP contribution in [0, 0.1) is 18.9 Å². The number of rotatable bonds is 2. The van der Waals surface area contributed by atoms with Crippen molar-refractivity contribution in [1.29, 1.82) is 0 Å². The fourth-order valence-corrected chi connectivity index (χ4v) is 3.76. The molecule has 0 bridgehead atoms. The molecule has 4 rings (SSSR count). The predicted molar refractivity (Wildman–Crippen MR) is 72.8 cm³/mol. The molecule has 1 aromatic carbocycles. The third-order valence-corrected chi connectivity index (χ3v) is 4.89. The van der Waals surface area contributed by atoms with Gasteiger partial charge in [0, 0.05) is 19.6 Å². The maximum atomic E-state index is 4.07. The molecule has 2 fully saturated rings. The average Bonchev–Trinajstić information content (AvgIpc) is 2.97. The van der Waals surface area contributed by atoms with E-state index in [-0.39, 0.29) is 0 Å². The predicted octanol–water partition coefficient (Wildman–Crippen LogP) is 2.29. The first-order valence-electron chi connectivity index (χ1n) is 7.17. The average molecular weight is 241 g/mol. The molecule has 1 aromatic rings. The van der Waals surface area contributed by atoms with E-state index < -0.39 is 0 Å². The van der Waals surface area contributed by atoms with Crippen LogP contribution in [-0.2, 0) is 19.5 Å². The molecule has 18 heavy (non-hydrogen) atoms. The number of piperidine rings is 1. The highest BCUT2D eigenvalue weighted by Crippen LogP contribution is 2.45. The summed E-state index contributed by atoms with van der Waals surface area (Å²) < 4.78 is 0. The topological polar surface area (TPSA) is 6.48 Å². The van der Waals surface area contributed by atoms with Gasteiger partial charge in [-0.2, -0.15) is 0 Å². The van der Waals surface area contributed by atoms with Gasteiger partial charge in [-0.25, -0.2) is 0 Å². The zero-order valence-corrected chi connectivity index (χ0v) is 10.9. The molecule has 2 unspecified atom stereocenters. The van der Waals surface area contributed by atoms with Crippen LogP contribution in [0.5, 0.6) is 0 Å². The lowest BCUT2D eigenvalue weighted by atomic mass is 9.94. The highest BCUT2D eigenvalue weighted by molar-refractivity contribution is 5.37. The number of nitrogens with zero attached hydrogens (tertiary/aromatic N) is 2. The summed E-state index contributed by atoms with van der Waals surface area (Å²) >= 11 is 0. The Bertz CT molecular complexity index is 458. The first kappa shape index (κ1) is 11.0. The Labute approximate surface area is 110 Å². The van der Waals surface area contributed by atoms with E-state index in [0.717, 1.165) is 24.9 Å². The molecule has 0 N–H and O–H groups in total. The zero-order chi connectivity index (χ0) is 12.1. The van der Waals surface area contributed by atoms with Gasteiger partial charge in [0.2, 0.25) is 0 Å². The SMILES string of the molecule is [CH2-]N1CCc2c(cccc2CN2CC3CC3C2)C1. The van der Waals surface area contributed by atoms with Crippen LogP contribution in [0.15, 0.2) is 18.2 Å². The lowest BCUT2D eigenvalue weighted by Gasteiger charge is -2.33. The van der Waals surface area contributed by atoms with Gasteiger partial charge in [0.1, 0.15) is 0 Å². The van der Waals surface area contributed by atoms with Crippen LogP contribution in [0.2, 0.25) is 0 Å². The minimum atomic E-state index is 1.02. The van der Waals surface area contributed by atoms with E-state index in [4.69, 9.17) is 0 Å². The molecule has 0 aromatic heterocycles. The van der Waals surface area contributed by atoms with Crippen molar-refractivity contribution in [2.24, 2.45) is 11.8 Å². The van der Waals surface area contributed by atoms with Gasteiger partial charge in [0.15, 0.2) is 0 Å². The molecule has 2 heteroatoms. The molecular formula is C16H21N2-. The molecule has 3 aliphatic rings. The molecule has 2 nitrogen and oxygen atoms in total. The Morgan fingerprint density at radius 3 is 2.89 bits per heavy atom. The van der Waals surface area contributed by atoms with Gasteiger partial charge in [0.25, 0.3) is 0 Å². The minimum Gasteiger partial charge on any atom is -0.455 e. The number of hydrogen-bond donors (Lipinski definition) is 0. The van der Waals surface area contributed by atoms with Gasteiger partial charge < -0.3 is 4.90 Å². The first-order valence-corrected chi connectivity index (χ1v) is 7.17. The fourth-order valence-electron chi connectivity index (χ4n) is 3.76. The lowest BCUT2D eigenvalue weighted by Crippen LogP contribution is -2.28. The van der Waals surface area contributed by atoms with Crippen LogP contribution in [-0.4, -0.2) is 29.4 Å². The molecule has 0 radical (unpaired) electrons. The first-order chi connectivity index (χ1) is 8.79. The largest absolute Gasteiger partial charge is 0.455 e. The third kappa shape index (κ3) is 1.88. The van der Waals surface area contributed by atoms with E-state index in [2.05, 4.69) is 35.0 Å². The maximum Gasteiger partial charge on any atom is 0.0236 e. The van der Waals surface area contributed by atoms with Crippen LogP contribution >= 0.6 is 0 Å². The summed E-state index contributed by atoms with van der Waals surface area (Å²) in [4.78, 5) is 4.84. The Morgan fingerprint density at radius 1 is 1.22 bits per heavy atom. The number of likely N-dealkylation sites (tertiary alicyclic amines) is 1. The summed E-state index contributed by atoms with van der Waals surface area (Å²) in [5, 5.41) is 0. The zero-order valence-electron chi connectivity index (χ0n) is 10.9. The van der Waals surface area contributed by atoms with E-state index in [1.807, 2.05) is 0 Å². The van der Waals surface area contributed by atoms with Crippen molar-refractivity contribution in [3.63, 3.8) is 0 Å². The summed E-state index contributed by atoms with van der Waals surface area (Å²) in [6.07, 6.45) is 2.68. The lowest BCUT2D eigenvalue weighted by molar-refractivity contribution is 0.293. The highest BCUT2D eigenvalue weighted by Gasteiger charge is 2.44. The van der Waals surface area contributed by atoms with Gasteiger partial charge >= 0.3 is 0 Å². The van der Waals surface area contributed by atoms with Crippen molar-refractivity contribution in [2.45, 2.75) is 25.9 Å². The molecule has 1 aliphatic carbocycles. The summed E-state index contributed by atoms with van der Waals surface area (Å²) in [5.74, 6) is 2.08. The minimum absolute atomic E-state index is 1.02. The second-order valence-corrected chi connectivity index (χ2v) is 6.31. The van der Waals surface area contributed by atoms with Crippen LogP contribution in [0.3, 0.4) is 0 Å². The van der Waals surface area contributed by atoms with Crippen LogP contribution in [0.4, 0.5) is 0 Å². The van der Waals surface area contributed by atoms with Crippen molar-refractivity contribution < 1.29 is 0 Å². The summed E-state index contributed by atoms with van der Waals surface area (Å²) in [5.41, 5.74) is 4.68. The molecule has 2 heterocycles. The Hall–Kier alpha value is -0.860. The molecule has 1 saturated carbocycles. The smallest absolute Gasteiger partial charge is 0.0236 e. The van der Waals surface area contributed by atoms with Crippen molar-refractivity contribution in [1.82, 2.24) is 9.80 Å². The normalized spacial score (nSPS) is 31.2. The van der Waals surface area contributed by atoms with Crippen molar-refractivity contribution in [2.75, 3.05) is 19.6 Å². The van der Waals surface area contributed by atoms with Crippen molar-refractivity contribution in [3.05, 3.63) is 41.9 Å². The van der Waals surface area contributed by atoms with Gasteiger partial charge in [-0.05, 0) is 54.5 Å². The monoisotopic (exact) mass is 241 g/mol. The van der Waals surface area contributed by atoms with E-state index in [1.165, 1.54) is 38.0 Å². The molecular weight excluding hydrogens is 220 g/mol. The second kappa shape index (κ2) is 4.07. The molecule has 0 spiro atoms. The molecule has 2 atom stereocenters. The van der Waals surface area contributed by atoms with E-state index >= 15 is 0 Å². The van der Waals surface area contributed by atoms with Gasteiger partial charge in [-0.3, -0.25) is 11.9 Å². The van der Waals surface area contributed by atoms with E-state index in [0.29, 0.717) is 0 Å². The van der Waals surface area contributed by atoms with Crippen molar-refractivity contribution in [3.8, 4) is 0 Å². The Kier molecular flexibility index (Phi) is 2.49. The van der Waals surface area contributed by atoms with E-state index in [1.54, 1.807) is 11.1 Å². The standard InChI is InChI=1S/C16H21N2/c1-17-6-5-16-12(8-17)3-2-4-13(16)9-18-10-14-7-15(14)11-18/h2-4,14-15H,1,5-11H2/q-1. The van der Waals surface area contributed by atoms with Gasteiger partial charge in [-0.15, -0.1) is 0 Å². The number of benzene rings is 1. The summed E-state index contributed by atoms with van der Waals surface area (Å²) in [6.45, 7) is 5.99. The molecule has 0 amide bonds. The second-order valence-electron chi connectivity index (χ2n) is 6.31. The van der Waals surface area contributed by atoms with Gasteiger partial charge in [-0.1, -0.05) is 18.2 Å². The number of hydrogen-bond acceptors (Lipinski definition) is 2. The Morgan fingerprint density at radius 2 is 2.06 bits per heavy atom. The maximum absolute atomic E-state index is 4.07. The van der Waals surface area contributed by atoms with Crippen LogP contribution in [0.25, 0.3) is 0 Å². The third-order valence-electron chi connectivity index (χ3n) is 4.89. The van der Waals surface area contributed by atoms with Crippen molar-refractivity contribution >= 4 is 0 Å². The van der Waals surface area contributed by atoms with Gasteiger partial charge in [0.05, 0.1) is 0 Å². The molecule has 96 valence electrons. The fraction of sp³-hybridized carbons (Fsp3) is 0.562.